The molecule has 0 aliphatic carbocycles. The fraction of sp³-hybridized carbons (Fsp3) is 0.500. The standard InChI is InChI=1S/C16H18N4O2/c1-2-4-13-12(3-1)21-9-14(22-13)16-19-18-15-7-10-5-6-11(17-10)8-20(15)16/h1-4,10-11,14,17H,5-9H2. The van der Waals surface area contributed by atoms with Crippen LogP contribution in [0.4, 0.5) is 0 Å². The molecule has 4 heterocycles. The predicted octanol–water partition coefficient (Wildman–Crippen LogP) is 1.47. The van der Waals surface area contributed by atoms with Crippen molar-refractivity contribution in [2.24, 2.45) is 0 Å². The van der Waals surface area contributed by atoms with Gasteiger partial charge in [0.25, 0.3) is 0 Å². The van der Waals surface area contributed by atoms with Gasteiger partial charge in [-0.1, -0.05) is 12.1 Å². The third kappa shape index (κ3) is 1.90. The Morgan fingerprint density at radius 1 is 1.09 bits per heavy atom. The Morgan fingerprint density at radius 2 is 1.95 bits per heavy atom. The van der Waals surface area contributed by atoms with Crippen LogP contribution in [0.25, 0.3) is 0 Å². The molecule has 22 heavy (non-hydrogen) atoms. The highest BCUT2D eigenvalue weighted by Gasteiger charge is 2.34. The second-order valence-corrected chi connectivity index (χ2v) is 6.29. The van der Waals surface area contributed by atoms with Gasteiger partial charge in [0.1, 0.15) is 12.4 Å². The van der Waals surface area contributed by atoms with Gasteiger partial charge in [0, 0.05) is 25.0 Å². The lowest BCUT2D eigenvalue weighted by Crippen LogP contribution is -2.31. The zero-order valence-electron chi connectivity index (χ0n) is 12.2. The Bertz CT molecular complexity index is 714. The summed E-state index contributed by atoms with van der Waals surface area (Å²) in [5.74, 6) is 3.54. The van der Waals surface area contributed by atoms with Gasteiger partial charge in [-0.05, 0) is 25.0 Å². The molecule has 0 spiro atoms. The summed E-state index contributed by atoms with van der Waals surface area (Å²) in [5, 5.41) is 12.5. The highest BCUT2D eigenvalue weighted by molar-refractivity contribution is 5.41. The van der Waals surface area contributed by atoms with Crippen LogP contribution >= 0.6 is 0 Å². The van der Waals surface area contributed by atoms with Crippen LogP contribution in [0.15, 0.2) is 24.3 Å². The van der Waals surface area contributed by atoms with E-state index in [0.717, 1.165) is 36.1 Å². The molecule has 1 aromatic heterocycles. The number of rotatable bonds is 1. The summed E-state index contributed by atoms with van der Waals surface area (Å²) in [6.07, 6.45) is 3.23. The van der Waals surface area contributed by atoms with Crippen LogP contribution in [0.5, 0.6) is 11.5 Å². The Morgan fingerprint density at radius 3 is 2.91 bits per heavy atom. The van der Waals surface area contributed by atoms with Crippen LogP contribution in [0.3, 0.4) is 0 Å². The van der Waals surface area contributed by atoms with Crippen LogP contribution in [0.1, 0.15) is 30.6 Å². The highest BCUT2D eigenvalue weighted by Crippen LogP contribution is 2.36. The van der Waals surface area contributed by atoms with Crippen LogP contribution in [-0.4, -0.2) is 33.5 Å². The zero-order valence-corrected chi connectivity index (χ0v) is 12.2. The molecule has 5 rings (SSSR count). The molecule has 1 fully saturated rings. The number of fused-ring (bicyclic) bond motifs is 4. The quantitative estimate of drug-likeness (QED) is 0.864. The van der Waals surface area contributed by atoms with E-state index in [0.29, 0.717) is 18.7 Å². The predicted molar refractivity (Wildman–Crippen MR) is 79.0 cm³/mol. The topological polar surface area (TPSA) is 61.2 Å². The molecule has 0 radical (unpaired) electrons. The fourth-order valence-corrected chi connectivity index (χ4v) is 3.73. The molecule has 1 N–H and O–H groups in total. The van der Waals surface area contributed by atoms with Crippen molar-refractivity contribution in [1.82, 2.24) is 20.1 Å². The molecule has 6 nitrogen and oxygen atoms in total. The third-order valence-electron chi connectivity index (χ3n) is 4.82. The van der Waals surface area contributed by atoms with Crippen molar-refractivity contribution in [3.05, 3.63) is 35.9 Å². The van der Waals surface area contributed by atoms with E-state index in [4.69, 9.17) is 9.47 Å². The Labute approximate surface area is 128 Å². The van der Waals surface area contributed by atoms with Gasteiger partial charge < -0.3 is 19.4 Å². The van der Waals surface area contributed by atoms with Crippen LogP contribution in [0.2, 0.25) is 0 Å². The minimum absolute atomic E-state index is 0.187. The maximum Gasteiger partial charge on any atom is 0.192 e. The summed E-state index contributed by atoms with van der Waals surface area (Å²) < 4.78 is 14.2. The Kier molecular flexibility index (Phi) is 2.67. The molecule has 2 bridgehead atoms. The zero-order chi connectivity index (χ0) is 14.5. The molecule has 3 unspecified atom stereocenters. The van der Waals surface area contributed by atoms with E-state index < -0.39 is 0 Å². The molecule has 3 aliphatic rings. The molecule has 0 amide bonds. The van der Waals surface area contributed by atoms with E-state index >= 15 is 0 Å². The summed E-state index contributed by atoms with van der Waals surface area (Å²) in [6.45, 7) is 1.41. The fourth-order valence-electron chi connectivity index (χ4n) is 3.73. The maximum absolute atomic E-state index is 6.09. The minimum atomic E-state index is -0.187. The van der Waals surface area contributed by atoms with Gasteiger partial charge in [0.05, 0.1) is 0 Å². The first-order valence-corrected chi connectivity index (χ1v) is 7.93. The number of hydrogen-bond acceptors (Lipinski definition) is 5. The van der Waals surface area contributed by atoms with Gasteiger partial charge >= 0.3 is 0 Å². The number of ether oxygens (including phenoxy) is 2. The summed E-state index contributed by atoms with van der Waals surface area (Å²) in [7, 11) is 0. The molecule has 2 aromatic rings. The van der Waals surface area contributed by atoms with E-state index in [1.165, 1.54) is 12.8 Å². The molecule has 1 aromatic carbocycles. The second kappa shape index (κ2) is 4.71. The van der Waals surface area contributed by atoms with Gasteiger partial charge in [-0.2, -0.15) is 0 Å². The SMILES string of the molecule is c1ccc2c(c1)OCC(c1nnc3n1CC1CCC(C3)N1)O2. The first kappa shape index (κ1) is 12.5. The minimum Gasteiger partial charge on any atom is -0.485 e. The molecule has 1 saturated heterocycles. The van der Waals surface area contributed by atoms with Gasteiger partial charge in [0.2, 0.25) is 0 Å². The number of hydrogen-bond donors (Lipinski definition) is 1. The van der Waals surface area contributed by atoms with Crippen molar-refractivity contribution in [3.8, 4) is 11.5 Å². The van der Waals surface area contributed by atoms with E-state index in [-0.39, 0.29) is 6.10 Å². The van der Waals surface area contributed by atoms with Crippen LogP contribution < -0.4 is 14.8 Å². The van der Waals surface area contributed by atoms with Gasteiger partial charge in [-0.3, -0.25) is 0 Å². The van der Waals surface area contributed by atoms with Crippen molar-refractivity contribution in [2.45, 2.75) is 44.0 Å². The number of nitrogens with one attached hydrogen (secondary N) is 1. The van der Waals surface area contributed by atoms with Crippen molar-refractivity contribution in [3.63, 3.8) is 0 Å². The molecular weight excluding hydrogens is 280 g/mol. The van der Waals surface area contributed by atoms with Crippen molar-refractivity contribution >= 4 is 0 Å². The first-order valence-electron chi connectivity index (χ1n) is 7.93. The lowest BCUT2D eigenvalue weighted by Gasteiger charge is -2.26. The normalized spacial score (nSPS) is 29.0. The van der Waals surface area contributed by atoms with E-state index in [2.05, 4.69) is 20.1 Å². The maximum atomic E-state index is 6.09. The van der Waals surface area contributed by atoms with Crippen molar-refractivity contribution in [1.29, 1.82) is 0 Å². The van der Waals surface area contributed by atoms with Gasteiger partial charge in [0.15, 0.2) is 23.4 Å². The lowest BCUT2D eigenvalue weighted by molar-refractivity contribution is 0.0817. The third-order valence-corrected chi connectivity index (χ3v) is 4.82. The Balaban J connectivity index is 1.48. The summed E-state index contributed by atoms with van der Waals surface area (Å²) in [4.78, 5) is 0. The van der Waals surface area contributed by atoms with Gasteiger partial charge in [-0.25, -0.2) is 0 Å². The molecule has 3 aliphatic heterocycles. The average molecular weight is 298 g/mol. The first-order chi connectivity index (χ1) is 10.9. The van der Waals surface area contributed by atoms with E-state index in [1.807, 2.05) is 24.3 Å². The molecule has 114 valence electrons. The Hall–Kier alpha value is -2.08. The molecule has 3 atom stereocenters. The highest BCUT2D eigenvalue weighted by atomic mass is 16.6. The van der Waals surface area contributed by atoms with Crippen molar-refractivity contribution < 1.29 is 9.47 Å². The van der Waals surface area contributed by atoms with E-state index in [1.54, 1.807) is 0 Å². The van der Waals surface area contributed by atoms with Crippen LogP contribution in [0, 0.1) is 0 Å². The monoisotopic (exact) mass is 298 g/mol. The summed E-state index contributed by atoms with van der Waals surface area (Å²) in [5.41, 5.74) is 0. The molecular formula is C16H18N4O2. The second-order valence-electron chi connectivity index (χ2n) is 6.29. The molecule has 6 heteroatoms. The van der Waals surface area contributed by atoms with Crippen molar-refractivity contribution in [2.75, 3.05) is 6.61 Å². The number of nitrogens with zero attached hydrogens (tertiary/aromatic N) is 3. The average Bonchev–Trinajstić information content (AvgIpc) is 3.10. The summed E-state index contributed by atoms with van der Waals surface area (Å²) in [6, 6.07) is 8.85. The lowest BCUT2D eigenvalue weighted by atomic mass is 10.1. The van der Waals surface area contributed by atoms with Gasteiger partial charge in [-0.15, -0.1) is 10.2 Å². The number of benzene rings is 1. The van der Waals surface area contributed by atoms with E-state index in [9.17, 15) is 0 Å². The number of para-hydroxylation sites is 2. The number of aromatic nitrogens is 3. The smallest absolute Gasteiger partial charge is 0.192 e. The van der Waals surface area contributed by atoms with Crippen LogP contribution in [-0.2, 0) is 13.0 Å². The largest absolute Gasteiger partial charge is 0.485 e. The summed E-state index contributed by atoms with van der Waals surface area (Å²) >= 11 is 0. The molecule has 0 saturated carbocycles.